The van der Waals surface area contributed by atoms with Crippen molar-refractivity contribution in [1.29, 1.82) is 0 Å². The molecular weight excluding hydrogens is 178 g/mol. The van der Waals surface area contributed by atoms with E-state index in [-0.39, 0.29) is 12.2 Å². The van der Waals surface area contributed by atoms with Gasteiger partial charge in [0, 0.05) is 4.91 Å². The van der Waals surface area contributed by atoms with Gasteiger partial charge in [0.1, 0.15) is 0 Å². The highest BCUT2D eigenvalue weighted by molar-refractivity contribution is 5.43. The van der Waals surface area contributed by atoms with Gasteiger partial charge in [-0.25, -0.2) is 8.78 Å². The van der Waals surface area contributed by atoms with Gasteiger partial charge in [0.15, 0.2) is 11.6 Å². The molecule has 0 aromatic heterocycles. The summed E-state index contributed by atoms with van der Waals surface area (Å²) >= 11 is 0. The molecule has 0 fully saturated rings. The second-order valence-electron chi connectivity index (χ2n) is 2.37. The summed E-state index contributed by atoms with van der Waals surface area (Å²) in [5.41, 5.74) is 13.2. The summed E-state index contributed by atoms with van der Waals surface area (Å²) in [7, 11) is 0. The average Bonchev–Trinajstić information content (AvgIpc) is 2.10. The fourth-order valence-corrected chi connectivity index (χ4v) is 0.873. The quantitative estimate of drug-likeness (QED) is 0.325. The summed E-state index contributed by atoms with van der Waals surface area (Å²) in [4.78, 5) is 2.48. The first-order valence-corrected chi connectivity index (χ1v) is 3.39. The summed E-state index contributed by atoms with van der Waals surface area (Å²) in [5, 5.41) is 3.19. The van der Waals surface area contributed by atoms with Crippen molar-refractivity contribution in [3.8, 4) is 0 Å². The number of nitrogen functional groups attached to an aromatic ring is 1. The number of azide groups is 1. The Hall–Kier alpha value is -1.81. The van der Waals surface area contributed by atoms with Crippen molar-refractivity contribution in [3.63, 3.8) is 0 Å². The van der Waals surface area contributed by atoms with Crippen LogP contribution >= 0.6 is 0 Å². The first-order valence-electron chi connectivity index (χ1n) is 3.39. The van der Waals surface area contributed by atoms with Crippen molar-refractivity contribution >= 4 is 5.69 Å². The second-order valence-corrected chi connectivity index (χ2v) is 2.37. The summed E-state index contributed by atoms with van der Waals surface area (Å²) in [5.74, 6) is -2.12. The standard InChI is InChI=1S/C7H6F2N4/c8-5-1-4(3-12-13-11)2-6(10)7(5)9/h1-2H,3,10H2. The smallest absolute Gasteiger partial charge is 0.181 e. The van der Waals surface area contributed by atoms with Crippen LogP contribution in [0.4, 0.5) is 14.5 Å². The van der Waals surface area contributed by atoms with Gasteiger partial charge in [-0.1, -0.05) is 5.11 Å². The summed E-state index contributed by atoms with van der Waals surface area (Å²) in [6.07, 6.45) is 0. The minimum Gasteiger partial charge on any atom is -0.396 e. The molecule has 0 saturated heterocycles. The third-order valence-electron chi connectivity index (χ3n) is 1.43. The van der Waals surface area contributed by atoms with E-state index in [4.69, 9.17) is 11.3 Å². The SMILES string of the molecule is [N-]=[N+]=NCc1cc(N)c(F)c(F)c1. The highest BCUT2D eigenvalue weighted by Crippen LogP contribution is 2.17. The lowest BCUT2D eigenvalue weighted by atomic mass is 10.2. The van der Waals surface area contributed by atoms with Gasteiger partial charge >= 0.3 is 0 Å². The van der Waals surface area contributed by atoms with Crippen molar-refractivity contribution in [2.45, 2.75) is 6.54 Å². The van der Waals surface area contributed by atoms with E-state index in [0.29, 0.717) is 5.56 Å². The van der Waals surface area contributed by atoms with Crippen molar-refractivity contribution in [2.75, 3.05) is 5.73 Å². The van der Waals surface area contributed by atoms with Gasteiger partial charge in [-0.15, -0.1) is 0 Å². The topological polar surface area (TPSA) is 74.8 Å². The molecule has 0 saturated carbocycles. The Labute approximate surface area is 72.6 Å². The van der Waals surface area contributed by atoms with Gasteiger partial charge in [0.25, 0.3) is 0 Å². The molecule has 6 heteroatoms. The molecular formula is C7H6F2N4. The largest absolute Gasteiger partial charge is 0.396 e. The molecule has 0 atom stereocenters. The van der Waals surface area contributed by atoms with Gasteiger partial charge < -0.3 is 5.73 Å². The first-order chi connectivity index (χ1) is 6.15. The second kappa shape index (κ2) is 3.73. The maximum absolute atomic E-state index is 12.7. The van der Waals surface area contributed by atoms with Crippen LogP contribution in [0.5, 0.6) is 0 Å². The number of nitrogens with two attached hydrogens (primary N) is 1. The van der Waals surface area contributed by atoms with Crippen molar-refractivity contribution < 1.29 is 8.78 Å². The van der Waals surface area contributed by atoms with E-state index in [9.17, 15) is 8.78 Å². The number of hydrogen-bond acceptors (Lipinski definition) is 2. The molecule has 0 spiro atoms. The van der Waals surface area contributed by atoms with Crippen molar-refractivity contribution in [3.05, 3.63) is 39.8 Å². The number of hydrogen-bond donors (Lipinski definition) is 1. The molecule has 0 aliphatic rings. The van der Waals surface area contributed by atoms with Crippen LogP contribution in [0.15, 0.2) is 17.2 Å². The molecule has 68 valence electrons. The van der Waals surface area contributed by atoms with E-state index in [1.54, 1.807) is 0 Å². The van der Waals surface area contributed by atoms with E-state index < -0.39 is 11.6 Å². The molecule has 0 unspecified atom stereocenters. The molecule has 0 heterocycles. The number of anilines is 1. The molecule has 0 amide bonds. The molecule has 0 radical (unpaired) electrons. The number of benzene rings is 1. The molecule has 1 rings (SSSR count). The molecule has 0 aliphatic heterocycles. The normalized spacial score (nSPS) is 9.38. The van der Waals surface area contributed by atoms with Crippen LogP contribution in [-0.2, 0) is 6.54 Å². The van der Waals surface area contributed by atoms with Gasteiger partial charge in [-0.05, 0) is 23.2 Å². The molecule has 2 N–H and O–H groups in total. The monoisotopic (exact) mass is 184 g/mol. The van der Waals surface area contributed by atoms with Gasteiger partial charge in [-0.3, -0.25) is 0 Å². The van der Waals surface area contributed by atoms with Crippen LogP contribution in [0.3, 0.4) is 0 Å². The lowest BCUT2D eigenvalue weighted by Crippen LogP contribution is -1.96. The van der Waals surface area contributed by atoms with E-state index in [2.05, 4.69) is 10.0 Å². The van der Waals surface area contributed by atoms with E-state index >= 15 is 0 Å². The maximum Gasteiger partial charge on any atom is 0.181 e. The van der Waals surface area contributed by atoms with Gasteiger partial charge in [0.05, 0.1) is 12.2 Å². The Kier molecular flexibility index (Phi) is 2.66. The van der Waals surface area contributed by atoms with E-state index in [1.807, 2.05) is 0 Å². The van der Waals surface area contributed by atoms with Crippen LogP contribution in [0, 0.1) is 11.6 Å². The Balaban J connectivity index is 3.05. The lowest BCUT2D eigenvalue weighted by Gasteiger charge is -2.00. The number of rotatable bonds is 2. The van der Waals surface area contributed by atoms with Crippen molar-refractivity contribution in [2.24, 2.45) is 5.11 Å². The Morgan fingerprint density at radius 3 is 2.69 bits per heavy atom. The third-order valence-corrected chi connectivity index (χ3v) is 1.43. The van der Waals surface area contributed by atoms with Crippen LogP contribution in [0.25, 0.3) is 10.4 Å². The van der Waals surface area contributed by atoms with Gasteiger partial charge in [0.2, 0.25) is 0 Å². The fraction of sp³-hybridized carbons (Fsp3) is 0.143. The fourth-order valence-electron chi connectivity index (χ4n) is 0.873. The van der Waals surface area contributed by atoms with Crippen LogP contribution in [0.2, 0.25) is 0 Å². The van der Waals surface area contributed by atoms with Crippen LogP contribution in [-0.4, -0.2) is 0 Å². The zero-order valence-electron chi connectivity index (χ0n) is 6.54. The predicted molar refractivity (Wildman–Crippen MR) is 43.6 cm³/mol. The molecule has 1 aromatic rings. The minimum absolute atomic E-state index is 0.0437. The molecule has 4 nitrogen and oxygen atoms in total. The molecule has 0 aliphatic carbocycles. The highest BCUT2D eigenvalue weighted by atomic mass is 19.2. The highest BCUT2D eigenvalue weighted by Gasteiger charge is 2.06. The number of nitrogens with zero attached hydrogens (tertiary/aromatic N) is 3. The average molecular weight is 184 g/mol. The Morgan fingerprint density at radius 2 is 2.15 bits per heavy atom. The summed E-state index contributed by atoms with van der Waals surface area (Å²) < 4.78 is 25.3. The third kappa shape index (κ3) is 2.07. The first kappa shape index (κ1) is 9.28. The molecule has 0 bridgehead atoms. The van der Waals surface area contributed by atoms with Crippen LogP contribution < -0.4 is 5.73 Å². The van der Waals surface area contributed by atoms with Crippen LogP contribution in [0.1, 0.15) is 5.56 Å². The zero-order chi connectivity index (χ0) is 9.84. The van der Waals surface area contributed by atoms with Gasteiger partial charge in [-0.2, -0.15) is 0 Å². The van der Waals surface area contributed by atoms with E-state index in [0.717, 1.165) is 6.07 Å². The lowest BCUT2D eigenvalue weighted by molar-refractivity contribution is 0.510. The van der Waals surface area contributed by atoms with Crippen molar-refractivity contribution in [1.82, 2.24) is 0 Å². The molecule has 13 heavy (non-hydrogen) atoms. The Bertz CT molecular complexity index is 348. The predicted octanol–water partition coefficient (Wildman–Crippen LogP) is 2.36. The molecule has 1 aromatic carbocycles. The summed E-state index contributed by atoms with van der Waals surface area (Å²) in [6, 6.07) is 2.17. The van der Waals surface area contributed by atoms with E-state index in [1.165, 1.54) is 6.07 Å². The summed E-state index contributed by atoms with van der Waals surface area (Å²) in [6.45, 7) is -0.0437. The number of halogens is 2. The Morgan fingerprint density at radius 1 is 1.46 bits per heavy atom. The minimum atomic E-state index is -1.08. The zero-order valence-corrected chi connectivity index (χ0v) is 6.54. The maximum atomic E-state index is 12.7.